The topological polar surface area (TPSA) is 165 Å². The molecule has 43 heavy (non-hydrogen) atoms. The number of aromatic hydroxyl groups is 1. The number of nitrogens with zero attached hydrogens (tertiary/aromatic N) is 2. The molecular formula is C33H37N3O7. The van der Waals surface area contributed by atoms with Crippen molar-refractivity contribution in [2.24, 2.45) is 17.6 Å². The molecule has 6 rings (SSSR count). The molecule has 226 valence electrons. The summed E-state index contributed by atoms with van der Waals surface area (Å²) < 4.78 is 0. The highest BCUT2D eigenvalue weighted by molar-refractivity contribution is 6.24. The first-order valence-electron chi connectivity index (χ1n) is 14.6. The van der Waals surface area contributed by atoms with E-state index in [1.165, 1.54) is 29.4 Å². The van der Waals surface area contributed by atoms with E-state index >= 15 is 0 Å². The van der Waals surface area contributed by atoms with Crippen molar-refractivity contribution >= 4 is 23.2 Å². The molecule has 1 saturated carbocycles. The third kappa shape index (κ3) is 4.30. The highest BCUT2D eigenvalue weighted by atomic mass is 16.3. The Morgan fingerprint density at radius 3 is 2.40 bits per heavy atom. The molecule has 10 heteroatoms. The summed E-state index contributed by atoms with van der Waals surface area (Å²) in [7, 11) is 5.31. The molecule has 0 aromatic heterocycles. The number of phenolic OH excluding ortho intramolecular Hbond substituents is 1. The number of carbonyl (C=O) groups excluding carboxylic acids is 3. The number of hydrogen-bond acceptors (Lipinski definition) is 9. The van der Waals surface area contributed by atoms with Crippen molar-refractivity contribution < 1.29 is 34.8 Å². The molecule has 10 nitrogen and oxygen atoms in total. The third-order valence-electron chi connectivity index (χ3n) is 10.0. The monoisotopic (exact) mass is 587 g/mol. The van der Waals surface area contributed by atoms with Crippen LogP contribution in [0, 0.1) is 11.8 Å². The Kier molecular flexibility index (Phi) is 6.99. The van der Waals surface area contributed by atoms with Crippen LogP contribution in [0.25, 0.3) is 16.9 Å². The van der Waals surface area contributed by atoms with E-state index in [4.69, 9.17) is 5.73 Å². The Labute approximate surface area is 249 Å². The van der Waals surface area contributed by atoms with Crippen LogP contribution in [0.4, 0.5) is 0 Å². The fourth-order valence-corrected chi connectivity index (χ4v) is 7.84. The molecule has 6 N–H and O–H groups in total. The average Bonchev–Trinajstić information content (AvgIpc) is 3.35. The third-order valence-corrected chi connectivity index (χ3v) is 10.0. The maximum atomic E-state index is 14.0. The lowest BCUT2D eigenvalue weighted by atomic mass is 9.57. The van der Waals surface area contributed by atoms with Crippen molar-refractivity contribution in [3.63, 3.8) is 0 Å². The summed E-state index contributed by atoms with van der Waals surface area (Å²) in [5.74, 6) is -6.59. The first kappa shape index (κ1) is 29.1. The van der Waals surface area contributed by atoms with Gasteiger partial charge in [-0.25, -0.2) is 0 Å². The quantitative estimate of drug-likeness (QED) is 0.330. The molecule has 0 bridgehead atoms. The van der Waals surface area contributed by atoms with Gasteiger partial charge in [-0.1, -0.05) is 30.3 Å². The predicted molar refractivity (Wildman–Crippen MR) is 159 cm³/mol. The lowest BCUT2D eigenvalue weighted by molar-refractivity contribution is -0.153. The van der Waals surface area contributed by atoms with E-state index in [0.29, 0.717) is 11.6 Å². The normalized spacial score (nSPS) is 29.1. The Morgan fingerprint density at radius 1 is 1.09 bits per heavy atom. The Balaban J connectivity index is 1.43. The maximum absolute atomic E-state index is 14.0. The molecule has 4 aliphatic rings. The zero-order valence-corrected chi connectivity index (χ0v) is 24.5. The van der Waals surface area contributed by atoms with Crippen molar-refractivity contribution in [1.29, 1.82) is 0 Å². The number of phenols is 1. The van der Waals surface area contributed by atoms with E-state index in [1.54, 1.807) is 20.2 Å². The second kappa shape index (κ2) is 10.3. The molecule has 1 amide bonds. The van der Waals surface area contributed by atoms with Crippen molar-refractivity contribution in [1.82, 2.24) is 9.80 Å². The van der Waals surface area contributed by atoms with Gasteiger partial charge in [-0.2, -0.15) is 0 Å². The smallest absolute Gasteiger partial charge is 0.255 e. The van der Waals surface area contributed by atoms with Crippen LogP contribution in [-0.4, -0.2) is 93.1 Å². The average molecular weight is 588 g/mol. The van der Waals surface area contributed by atoms with Gasteiger partial charge in [-0.3, -0.25) is 19.3 Å². The van der Waals surface area contributed by atoms with Crippen LogP contribution in [0.1, 0.15) is 36.0 Å². The number of likely N-dealkylation sites (tertiary alicyclic amines) is 1. The predicted octanol–water partition coefficient (Wildman–Crippen LogP) is 2.27. The molecule has 3 aliphatic carbocycles. The minimum atomic E-state index is -2.65. The first-order chi connectivity index (χ1) is 20.4. The van der Waals surface area contributed by atoms with Gasteiger partial charge in [0, 0.05) is 17.5 Å². The molecule has 2 aromatic carbocycles. The number of primary amides is 1. The van der Waals surface area contributed by atoms with E-state index in [0.717, 1.165) is 24.1 Å². The molecule has 1 saturated heterocycles. The maximum Gasteiger partial charge on any atom is 0.255 e. The molecular weight excluding hydrogens is 550 g/mol. The van der Waals surface area contributed by atoms with Crippen LogP contribution in [0.15, 0.2) is 53.3 Å². The number of Topliss-reactive ketones (excluding diaryl/α,β-unsaturated/α-hetero) is 2. The largest absolute Gasteiger partial charge is 0.508 e. The van der Waals surface area contributed by atoms with Gasteiger partial charge >= 0.3 is 0 Å². The second-order valence-corrected chi connectivity index (χ2v) is 12.6. The van der Waals surface area contributed by atoms with Crippen LogP contribution in [0.3, 0.4) is 0 Å². The molecule has 0 radical (unpaired) electrons. The summed E-state index contributed by atoms with van der Waals surface area (Å²) in [6.45, 7) is 1.11. The summed E-state index contributed by atoms with van der Waals surface area (Å²) in [6.07, 6.45) is 3.62. The van der Waals surface area contributed by atoms with E-state index in [2.05, 4.69) is 24.1 Å². The number of aliphatic hydroxyl groups is 3. The SMILES string of the molecule is CN1CCCC1Cc1ccc(-c2ccc(O)c3c2C[C@H]2C[C@H]4[C@H](N(C)C)C(=O)C(C(N)=O)=C(O)[C@@]4(O)C(=O)C2=C3O)cc1. The van der Waals surface area contributed by atoms with Crippen LogP contribution < -0.4 is 5.73 Å². The Morgan fingerprint density at radius 2 is 1.79 bits per heavy atom. The second-order valence-electron chi connectivity index (χ2n) is 12.6. The number of benzene rings is 2. The highest BCUT2D eigenvalue weighted by Crippen LogP contribution is 2.53. The minimum absolute atomic E-state index is 0.0503. The molecule has 1 heterocycles. The number of fused-ring (bicyclic) bond motifs is 3. The summed E-state index contributed by atoms with van der Waals surface area (Å²) >= 11 is 0. The van der Waals surface area contributed by atoms with Gasteiger partial charge in [0.2, 0.25) is 5.78 Å². The number of ketones is 2. The standard InChI is InChI=1S/C33H37N3O7/c1-35(2)27-22-15-18-14-21-20(17-8-6-16(7-9-17)13-19-5-4-12-36(19)3)10-11-23(37)25(21)28(38)24(18)30(40)33(22,43)31(41)26(29(27)39)32(34)42/h6-11,18-19,22,27,37-38,41,43H,4-5,12-15H2,1-3H3,(H2,34,42)/t18-,19?,22-,27-,33-/m0/s1. The fraction of sp³-hybridized carbons (Fsp3) is 0.424. The number of likely N-dealkylation sites (N-methyl/N-ethyl adjacent to an activating group) is 2. The number of nitrogens with two attached hydrogens (primary N) is 1. The van der Waals surface area contributed by atoms with Gasteiger partial charge in [0.05, 0.1) is 11.6 Å². The number of carbonyl (C=O) groups is 3. The molecule has 1 aliphatic heterocycles. The Bertz CT molecular complexity index is 1610. The van der Waals surface area contributed by atoms with E-state index < -0.39 is 58.0 Å². The van der Waals surface area contributed by atoms with Gasteiger partial charge in [0.1, 0.15) is 22.8 Å². The molecule has 2 fully saturated rings. The van der Waals surface area contributed by atoms with E-state index in [-0.39, 0.29) is 29.7 Å². The van der Waals surface area contributed by atoms with Gasteiger partial charge in [0.25, 0.3) is 5.91 Å². The van der Waals surface area contributed by atoms with Gasteiger partial charge < -0.3 is 31.1 Å². The summed E-state index contributed by atoms with van der Waals surface area (Å²) in [4.78, 5) is 43.4. The van der Waals surface area contributed by atoms with Crippen LogP contribution in [-0.2, 0) is 27.2 Å². The Hall–Kier alpha value is -3.99. The van der Waals surface area contributed by atoms with Gasteiger partial charge in [-0.15, -0.1) is 0 Å². The van der Waals surface area contributed by atoms with Crippen molar-refractivity contribution in [3.05, 3.63) is 70.0 Å². The van der Waals surface area contributed by atoms with Crippen LogP contribution >= 0.6 is 0 Å². The van der Waals surface area contributed by atoms with Crippen molar-refractivity contribution in [2.75, 3.05) is 27.7 Å². The summed E-state index contributed by atoms with van der Waals surface area (Å²) in [5, 5.41) is 45.2. The minimum Gasteiger partial charge on any atom is -0.508 e. The summed E-state index contributed by atoms with van der Waals surface area (Å²) in [6, 6.07) is 10.9. The molecule has 2 aromatic rings. The fourth-order valence-electron chi connectivity index (χ4n) is 7.84. The zero-order valence-electron chi connectivity index (χ0n) is 24.5. The number of rotatable bonds is 5. The van der Waals surface area contributed by atoms with Gasteiger partial charge in [0.15, 0.2) is 11.4 Å². The highest BCUT2D eigenvalue weighted by Gasteiger charge is 2.64. The van der Waals surface area contributed by atoms with Crippen LogP contribution in [0.5, 0.6) is 5.75 Å². The van der Waals surface area contributed by atoms with E-state index in [9.17, 15) is 34.8 Å². The summed E-state index contributed by atoms with van der Waals surface area (Å²) in [5.41, 5.74) is 5.39. The van der Waals surface area contributed by atoms with Crippen molar-refractivity contribution in [2.45, 2.75) is 49.8 Å². The number of aliphatic hydroxyl groups excluding tert-OH is 2. The van der Waals surface area contributed by atoms with Gasteiger partial charge in [-0.05, 0) is 94.0 Å². The molecule has 1 unspecified atom stereocenters. The zero-order chi connectivity index (χ0) is 31.0. The number of hydrogen-bond donors (Lipinski definition) is 5. The lowest BCUT2D eigenvalue weighted by Crippen LogP contribution is -2.65. The molecule has 5 atom stereocenters. The lowest BCUT2D eigenvalue weighted by Gasteiger charge is -2.50. The number of amides is 1. The van der Waals surface area contributed by atoms with Crippen molar-refractivity contribution in [3.8, 4) is 16.9 Å². The molecule has 0 spiro atoms. The van der Waals surface area contributed by atoms with Crippen LogP contribution in [0.2, 0.25) is 0 Å². The first-order valence-corrected chi connectivity index (χ1v) is 14.6. The van der Waals surface area contributed by atoms with E-state index in [1.807, 2.05) is 12.1 Å².